The molecule has 3 atom stereocenters. The Morgan fingerprint density at radius 1 is 1.33 bits per heavy atom. The second-order valence-corrected chi connectivity index (χ2v) is 6.74. The van der Waals surface area contributed by atoms with Gasteiger partial charge >= 0.3 is 5.97 Å². The number of nitrogens with zero attached hydrogens (tertiary/aromatic N) is 1. The number of nitrogens with two attached hydrogens (primary N) is 2. The van der Waals surface area contributed by atoms with Crippen LogP contribution < -0.4 is 22.1 Å². The van der Waals surface area contributed by atoms with Crippen LogP contribution in [0.4, 0.5) is 0 Å². The van der Waals surface area contributed by atoms with E-state index in [1.807, 2.05) is 13.8 Å². The number of carboxylic acid groups (broad SMARTS) is 1. The lowest BCUT2D eigenvalue weighted by Gasteiger charge is -2.20. The highest BCUT2D eigenvalue weighted by atomic mass is 16.6. The highest BCUT2D eigenvalue weighted by Gasteiger charge is 2.66. The number of rotatable bonds is 12. The van der Waals surface area contributed by atoms with Gasteiger partial charge in [0.25, 0.3) is 5.91 Å². The fourth-order valence-electron chi connectivity index (χ4n) is 2.47. The van der Waals surface area contributed by atoms with Crippen molar-refractivity contribution in [2.24, 2.45) is 22.4 Å². The first kappa shape index (κ1) is 22.4. The van der Waals surface area contributed by atoms with E-state index >= 15 is 0 Å². The third-order valence-corrected chi connectivity index (χ3v) is 3.95. The first-order valence-electron chi connectivity index (χ1n) is 8.70. The smallest absolute Gasteiger partial charge is 0.345 e. The Morgan fingerprint density at radius 2 is 2.00 bits per heavy atom. The summed E-state index contributed by atoms with van der Waals surface area (Å²) >= 11 is 0. The summed E-state index contributed by atoms with van der Waals surface area (Å²) < 4.78 is 4.89. The normalized spacial score (nSPS) is 21.8. The minimum Gasteiger partial charge on any atom is -0.479 e. The average Bonchev–Trinajstić information content (AvgIpc) is 3.33. The zero-order valence-corrected chi connectivity index (χ0v) is 15.5. The van der Waals surface area contributed by atoms with E-state index in [9.17, 15) is 14.4 Å². The number of aliphatic imine (C=N–C) groups is 1. The molecule has 0 bridgehead atoms. The molecule has 3 unspecified atom stereocenters. The molecule has 8 N–H and O–H groups in total. The molecule has 0 aliphatic carbocycles. The number of unbranched alkanes of at least 4 members (excludes halogenated alkanes) is 1. The number of amides is 2. The fraction of sp³-hybridized carbons (Fsp3) is 0.688. The lowest BCUT2D eigenvalue weighted by molar-refractivity contribution is -0.140. The summed E-state index contributed by atoms with van der Waals surface area (Å²) in [4.78, 5) is 39.6. The molecule has 1 aliphatic rings. The van der Waals surface area contributed by atoms with Gasteiger partial charge < -0.3 is 37.4 Å². The van der Waals surface area contributed by atoms with Crippen LogP contribution in [0.1, 0.15) is 33.1 Å². The molecule has 11 heteroatoms. The van der Waals surface area contributed by atoms with Crippen molar-refractivity contribution in [3.05, 3.63) is 0 Å². The van der Waals surface area contributed by atoms with Crippen molar-refractivity contribution in [1.82, 2.24) is 10.6 Å². The minimum absolute atomic E-state index is 0.0170. The number of hydrogen-bond donors (Lipinski definition) is 6. The Morgan fingerprint density at radius 3 is 2.48 bits per heavy atom. The Labute approximate surface area is 157 Å². The number of aliphatic carboxylic acids is 1. The Hall–Kier alpha value is -2.69. The molecule has 1 aliphatic heterocycles. The van der Waals surface area contributed by atoms with Gasteiger partial charge in [0, 0.05) is 19.3 Å². The minimum atomic E-state index is -1.94. The lowest BCUT2D eigenvalue weighted by atomic mass is 10.0. The van der Waals surface area contributed by atoms with E-state index in [4.69, 9.17) is 26.7 Å². The number of nitrogens with one attached hydrogen (secondary N) is 3. The largest absolute Gasteiger partial charge is 0.479 e. The molecule has 1 rings (SSSR count). The quantitative estimate of drug-likeness (QED) is 0.102. The van der Waals surface area contributed by atoms with Crippen molar-refractivity contribution < 1.29 is 24.2 Å². The van der Waals surface area contributed by atoms with E-state index in [1.165, 1.54) is 0 Å². The number of hydrogen-bond acceptors (Lipinski definition) is 6. The predicted octanol–water partition coefficient (Wildman–Crippen LogP) is -1.44. The van der Waals surface area contributed by atoms with Gasteiger partial charge in [0.05, 0.1) is 0 Å². The van der Waals surface area contributed by atoms with Crippen LogP contribution in [0.25, 0.3) is 0 Å². The second kappa shape index (κ2) is 9.86. The highest BCUT2D eigenvalue weighted by Crippen LogP contribution is 2.35. The van der Waals surface area contributed by atoms with E-state index < -0.39 is 29.6 Å². The maximum absolute atomic E-state index is 12.4. The molecule has 0 aromatic carbocycles. The molecule has 2 amide bonds. The van der Waals surface area contributed by atoms with E-state index in [0.717, 1.165) is 0 Å². The molecule has 1 fully saturated rings. The number of carbonyl (C=O) groups excluding carboxylic acids is 2. The summed E-state index contributed by atoms with van der Waals surface area (Å²) in [6.07, 6.45) is 0.994. The van der Waals surface area contributed by atoms with Crippen molar-refractivity contribution in [2.45, 2.75) is 50.9 Å². The van der Waals surface area contributed by atoms with E-state index in [0.29, 0.717) is 38.6 Å². The summed E-state index contributed by atoms with van der Waals surface area (Å²) in [5.74, 6) is -2.37. The van der Waals surface area contributed by atoms with Gasteiger partial charge in [-0.25, -0.2) is 4.79 Å². The van der Waals surface area contributed by atoms with Crippen LogP contribution in [0.3, 0.4) is 0 Å². The van der Waals surface area contributed by atoms with Crippen molar-refractivity contribution >= 4 is 30.0 Å². The van der Waals surface area contributed by atoms with Gasteiger partial charge in [0.15, 0.2) is 12.1 Å². The van der Waals surface area contributed by atoms with E-state index in [-0.39, 0.29) is 17.8 Å². The van der Waals surface area contributed by atoms with Crippen LogP contribution in [0.2, 0.25) is 0 Å². The van der Waals surface area contributed by atoms with Crippen LogP contribution in [0.5, 0.6) is 0 Å². The maximum atomic E-state index is 12.4. The zero-order valence-electron chi connectivity index (χ0n) is 15.5. The fourth-order valence-corrected chi connectivity index (χ4v) is 2.47. The number of ether oxygens (including phenoxy) is 1. The van der Waals surface area contributed by atoms with Gasteiger partial charge in [0.1, 0.15) is 6.04 Å². The molecule has 11 nitrogen and oxygen atoms in total. The van der Waals surface area contributed by atoms with Crippen LogP contribution in [0.15, 0.2) is 4.99 Å². The van der Waals surface area contributed by atoms with Crippen LogP contribution in [-0.2, 0) is 19.1 Å². The second-order valence-electron chi connectivity index (χ2n) is 6.74. The summed E-state index contributed by atoms with van der Waals surface area (Å²) in [6, 6.07) is -0.823. The average molecular weight is 384 g/mol. The molecule has 0 aromatic heterocycles. The molecule has 27 heavy (non-hydrogen) atoms. The summed E-state index contributed by atoms with van der Waals surface area (Å²) in [7, 11) is 0. The van der Waals surface area contributed by atoms with Crippen molar-refractivity contribution in [2.75, 3.05) is 13.1 Å². The van der Waals surface area contributed by atoms with Gasteiger partial charge in [-0.15, -0.1) is 0 Å². The first-order chi connectivity index (χ1) is 12.6. The van der Waals surface area contributed by atoms with Crippen molar-refractivity contribution in [3.63, 3.8) is 0 Å². The van der Waals surface area contributed by atoms with Crippen molar-refractivity contribution in [1.29, 1.82) is 5.41 Å². The molecule has 1 saturated heterocycles. The number of carboxylic acids is 1. The highest BCUT2D eigenvalue weighted by molar-refractivity contribution is 6.09. The zero-order chi connectivity index (χ0) is 20.6. The third-order valence-electron chi connectivity index (χ3n) is 3.95. The summed E-state index contributed by atoms with van der Waals surface area (Å²) in [5, 5.41) is 21.5. The Balaban J connectivity index is 2.54. The monoisotopic (exact) mass is 384 g/mol. The molecule has 0 spiro atoms. The van der Waals surface area contributed by atoms with Gasteiger partial charge in [-0.1, -0.05) is 13.8 Å². The molecule has 152 valence electrons. The molecular formula is C16H28N6O5. The predicted molar refractivity (Wildman–Crippen MR) is 98.3 cm³/mol. The van der Waals surface area contributed by atoms with Gasteiger partial charge in [-0.05, 0) is 25.2 Å². The Bertz CT molecular complexity index is 604. The van der Waals surface area contributed by atoms with Crippen LogP contribution in [-0.4, -0.2) is 65.9 Å². The maximum Gasteiger partial charge on any atom is 0.345 e. The first-order valence-corrected chi connectivity index (χ1v) is 8.70. The van der Waals surface area contributed by atoms with E-state index in [1.54, 1.807) is 0 Å². The number of epoxide rings is 1. The molecule has 0 saturated carbocycles. The topological polar surface area (TPSA) is 196 Å². The SMILES string of the molecule is CC(C)CC(NC(=O)C1OC1(C=N)C(=O)O)C(=O)NCCCCN=C(N)N. The standard InChI is InChI=1S/C16H28N6O5/c1-9(2)7-10(12(23)20-5-3-4-6-21-15(18)19)22-13(24)11-16(8-17,27-11)14(25)26/h8-11,17H,3-7H2,1-2H3,(H,20,23)(H,22,24)(H,25,26)(H4,18,19,21). The Kier molecular flexibility index (Phi) is 8.16. The number of carbonyl (C=O) groups is 3. The molecule has 1 heterocycles. The third kappa shape index (κ3) is 6.51. The van der Waals surface area contributed by atoms with Crippen LogP contribution in [0, 0.1) is 11.3 Å². The molecule has 0 aromatic rings. The summed E-state index contributed by atoms with van der Waals surface area (Å²) in [5.41, 5.74) is 8.51. The molecule has 0 radical (unpaired) electrons. The van der Waals surface area contributed by atoms with Gasteiger partial charge in [-0.3, -0.25) is 14.6 Å². The van der Waals surface area contributed by atoms with Crippen molar-refractivity contribution in [3.8, 4) is 0 Å². The summed E-state index contributed by atoms with van der Waals surface area (Å²) in [6.45, 7) is 4.65. The molecular weight excluding hydrogens is 356 g/mol. The number of guanidine groups is 1. The van der Waals surface area contributed by atoms with E-state index in [2.05, 4.69) is 15.6 Å². The van der Waals surface area contributed by atoms with Gasteiger partial charge in [0.2, 0.25) is 11.5 Å². The lowest BCUT2D eigenvalue weighted by Crippen LogP contribution is -2.50. The van der Waals surface area contributed by atoms with Crippen LogP contribution >= 0.6 is 0 Å². The van der Waals surface area contributed by atoms with Gasteiger partial charge in [-0.2, -0.15) is 0 Å².